The fraction of sp³-hybridized carbons (Fsp3) is 0.333. The fourth-order valence-corrected chi connectivity index (χ4v) is 1.44. The van der Waals surface area contributed by atoms with Crippen LogP contribution < -0.4 is 5.73 Å². The summed E-state index contributed by atoms with van der Waals surface area (Å²) in [4.78, 5) is 8.64. The summed E-state index contributed by atoms with van der Waals surface area (Å²) in [6, 6.07) is 3.67. The highest BCUT2D eigenvalue weighted by atomic mass is 15.1. The number of hydrogen-bond acceptors (Lipinski definition) is 3. The van der Waals surface area contributed by atoms with Crippen molar-refractivity contribution in [3.63, 3.8) is 0 Å². The van der Waals surface area contributed by atoms with Crippen LogP contribution in [0.5, 0.6) is 0 Å². The Bertz CT molecular complexity index is 444. The molecule has 0 aromatic carbocycles. The van der Waals surface area contributed by atoms with E-state index in [0.29, 0.717) is 5.82 Å². The lowest BCUT2D eigenvalue weighted by Crippen LogP contribution is -1.97. The predicted molar refractivity (Wildman–Crippen MR) is 52.3 cm³/mol. The lowest BCUT2D eigenvalue weighted by molar-refractivity contribution is 0.821. The summed E-state index contributed by atoms with van der Waals surface area (Å²) in [6.07, 6.45) is 0.909. The molecular formula is C9H12N4. The third-order valence-electron chi connectivity index (χ3n) is 2.15. The summed E-state index contributed by atoms with van der Waals surface area (Å²) >= 11 is 0. The van der Waals surface area contributed by atoms with Gasteiger partial charge < -0.3 is 10.3 Å². The van der Waals surface area contributed by atoms with E-state index in [0.717, 1.165) is 23.4 Å². The van der Waals surface area contributed by atoms with Gasteiger partial charge in [0.05, 0.1) is 0 Å². The number of aromatic nitrogens is 3. The van der Waals surface area contributed by atoms with Crippen LogP contribution >= 0.6 is 0 Å². The van der Waals surface area contributed by atoms with Crippen molar-refractivity contribution in [2.45, 2.75) is 13.3 Å². The van der Waals surface area contributed by atoms with Gasteiger partial charge in [-0.2, -0.15) is 0 Å². The van der Waals surface area contributed by atoms with Crippen LogP contribution in [0.3, 0.4) is 0 Å². The highest BCUT2D eigenvalue weighted by Crippen LogP contribution is 2.14. The van der Waals surface area contributed by atoms with E-state index in [1.165, 1.54) is 0 Å². The van der Waals surface area contributed by atoms with E-state index in [-0.39, 0.29) is 0 Å². The fourth-order valence-electron chi connectivity index (χ4n) is 1.44. The summed E-state index contributed by atoms with van der Waals surface area (Å²) < 4.78 is 1.98. The second-order valence-electron chi connectivity index (χ2n) is 3.02. The standard InChI is InChI=1S/C9H12N4/c1-3-8-11-6-4-5-7(10)12-9(6)13(8)2/h4-5H,3H2,1-2H3,(H2,10,12). The number of hydrogen-bond donors (Lipinski definition) is 1. The van der Waals surface area contributed by atoms with E-state index in [1.54, 1.807) is 6.07 Å². The average Bonchev–Trinajstić information content (AvgIpc) is 2.44. The van der Waals surface area contributed by atoms with Gasteiger partial charge in [0.1, 0.15) is 17.2 Å². The highest BCUT2D eigenvalue weighted by Gasteiger charge is 2.06. The molecule has 0 saturated heterocycles. The van der Waals surface area contributed by atoms with Crippen molar-refractivity contribution in [3.05, 3.63) is 18.0 Å². The zero-order valence-corrected chi connectivity index (χ0v) is 7.78. The first-order valence-corrected chi connectivity index (χ1v) is 4.30. The van der Waals surface area contributed by atoms with E-state index >= 15 is 0 Å². The first-order valence-electron chi connectivity index (χ1n) is 4.30. The molecule has 0 aliphatic rings. The molecule has 2 aromatic rings. The Hall–Kier alpha value is -1.58. The molecule has 0 amide bonds. The van der Waals surface area contributed by atoms with Gasteiger partial charge in [-0.1, -0.05) is 6.92 Å². The summed E-state index contributed by atoms with van der Waals surface area (Å²) in [5, 5.41) is 0. The number of nitrogen functional groups attached to an aromatic ring is 1. The van der Waals surface area contributed by atoms with Gasteiger partial charge >= 0.3 is 0 Å². The third-order valence-corrected chi connectivity index (χ3v) is 2.15. The Kier molecular flexibility index (Phi) is 1.69. The molecule has 0 atom stereocenters. The lowest BCUT2D eigenvalue weighted by atomic mass is 10.4. The monoisotopic (exact) mass is 176 g/mol. The Labute approximate surface area is 76.4 Å². The van der Waals surface area contributed by atoms with Crippen LogP contribution in [-0.2, 0) is 13.5 Å². The average molecular weight is 176 g/mol. The quantitative estimate of drug-likeness (QED) is 0.708. The molecule has 0 fully saturated rings. The molecule has 0 radical (unpaired) electrons. The normalized spacial score (nSPS) is 10.9. The van der Waals surface area contributed by atoms with Crippen LogP contribution in [0.2, 0.25) is 0 Å². The maximum absolute atomic E-state index is 5.59. The molecule has 2 heterocycles. The first-order chi connectivity index (χ1) is 6.22. The molecule has 2 aromatic heterocycles. The van der Waals surface area contributed by atoms with E-state index in [4.69, 9.17) is 5.73 Å². The van der Waals surface area contributed by atoms with Crippen LogP contribution in [0.25, 0.3) is 11.2 Å². The van der Waals surface area contributed by atoms with Crippen LogP contribution in [0.15, 0.2) is 12.1 Å². The van der Waals surface area contributed by atoms with Gasteiger partial charge in [0.25, 0.3) is 0 Å². The van der Waals surface area contributed by atoms with Crippen molar-refractivity contribution in [2.75, 3.05) is 5.73 Å². The zero-order chi connectivity index (χ0) is 9.42. The van der Waals surface area contributed by atoms with Crippen LogP contribution in [0.4, 0.5) is 5.82 Å². The third kappa shape index (κ3) is 1.14. The number of pyridine rings is 1. The summed E-state index contributed by atoms with van der Waals surface area (Å²) in [5.74, 6) is 1.58. The Morgan fingerprint density at radius 2 is 2.15 bits per heavy atom. The van der Waals surface area contributed by atoms with Gasteiger partial charge in [0.2, 0.25) is 0 Å². The summed E-state index contributed by atoms with van der Waals surface area (Å²) in [5.41, 5.74) is 7.36. The predicted octanol–water partition coefficient (Wildman–Crippen LogP) is 1.11. The zero-order valence-electron chi connectivity index (χ0n) is 7.78. The van der Waals surface area contributed by atoms with Crippen molar-refractivity contribution in [1.82, 2.24) is 14.5 Å². The van der Waals surface area contributed by atoms with Gasteiger partial charge in [0, 0.05) is 13.5 Å². The van der Waals surface area contributed by atoms with Crippen LogP contribution in [-0.4, -0.2) is 14.5 Å². The molecule has 0 spiro atoms. The van der Waals surface area contributed by atoms with Crippen molar-refractivity contribution in [1.29, 1.82) is 0 Å². The maximum Gasteiger partial charge on any atom is 0.162 e. The summed E-state index contributed by atoms with van der Waals surface area (Å²) in [7, 11) is 1.96. The van der Waals surface area contributed by atoms with Crippen molar-refractivity contribution in [2.24, 2.45) is 7.05 Å². The van der Waals surface area contributed by atoms with E-state index in [1.807, 2.05) is 17.7 Å². The molecule has 13 heavy (non-hydrogen) atoms. The number of nitrogens with two attached hydrogens (primary N) is 1. The smallest absolute Gasteiger partial charge is 0.162 e. The molecule has 4 nitrogen and oxygen atoms in total. The van der Waals surface area contributed by atoms with E-state index in [2.05, 4.69) is 16.9 Å². The molecule has 0 unspecified atom stereocenters. The van der Waals surface area contributed by atoms with Crippen molar-refractivity contribution in [3.8, 4) is 0 Å². The van der Waals surface area contributed by atoms with Crippen LogP contribution in [0.1, 0.15) is 12.7 Å². The molecule has 0 bridgehead atoms. The Balaban J connectivity index is 2.77. The second-order valence-corrected chi connectivity index (χ2v) is 3.02. The molecule has 4 heteroatoms. The Morgan fingerprint density at radius 1 is 1.38 bits per heavy atom. The SMILES string of the molecule is CCc1nc2ccc(N)nc2n1C. The number of nitrogens with zero attached hydrogens (tertiary/aromatic N) is 3. The van der Waals surface area contributed by atoms with Gasteiger partial charge in [0.15, 0.2) is 5.65 Å². The molecule has 68 valence electrons. The minimum Gasteiger partial charge on any atom is -0.384 e. The molecule has 0 aliphatic carbocycles. The van der Waals surface area contributed by atoms with E-state index in [9.17, 15) is 0 Å². The number of anilines is 1. The second kappa shape index (κ2) is 2.73. The molecule has 2 N–H and O–H groups in total. The topological polar surface area (TPSA) is 56.7 Å². The minimum atomic E-state index is 0.540. The van der Waals surface area contributed by atoms with Crippen molar-refractivity contribution >= 4 is 17.0 Å². The lowest BCUT2D eigenvalue weighted by Gasteiger charge is -1.97. The first kappa shape index (κ1) is 8.04. The van der Waals surface area contributed by atoms with Crippen molar-refractivity contribution < 1.29 is 0 Å². The number of imidazole rings is 1. The number of aryl methyl sites for hydroxylation is 2. The van der Waals surface area contributed by atoms with E-state index < -0.39 is 0 Å². The van der Waals surface area contributed by atoms with Gasteiger partial charge in [-0.25, -0.2) is 9.97 Å². The minimum absolute atomic E-state index is 0.540. The largest absolute Gasteiger partial charge is 0.384 e. The molecule has 0 saturated carbocycles. The molecule has 0 aliphatic heterocycles. The van der Waals surface area contributed by atoms with Crippen LogP contribution in [0, 0.1) is 0 Å². The summed E-state index contributed by atoms with van der Waals surface area (Å²) in [6.45, 7) is 2.07. The molecule has 2 rings (SSSR count). The van der Waals surface area contributed by atoms with Gasteiger partial charge in [-0.15, -0.1) is 0 Å². The maximum atomic E-state index is 5.59. The van der Waals surface area contributed by atoms with Gasteiger partial charge in [-0.3, -0.25) is 0 Å². The highest BCUT2D eigenvalue weighted by molar-refractivity contribution is 5.73. The Morgan fingerprint density at radius 3 is 2.85 bits per heavy atom. The molecular weight excluding hydrogens is 164 g/mol. The number of fused-ring (bicyclic) bond motifs is 1. The van der Waals surface area contributed by atoms with Gasteiger partial charge in [-0.05, 0) is 12.1 Å². The number of rotatable bonds is 1.